The van der Waals surface area contributed by atoms with Crippen molar-refractivity contribution < 1.29 is 14.8 Å². The molecule has 0 atom stereocenters. The minimum Gasteiger partial charge on any atom is -0.504 e. The molecule has 102 valence electrons. The highest BCUT2D eigenvalue weighted by molar-refractivity contribution is 9.10. The number of nitrogens with zero attached hydrogens (tertiary/aromatic N) is 3. The van der Waals surface area contributed by atoms with Crippen LogP contribution in [-0.2, 0) is 0 Å². The van der Waals surface area contributed by atoms with E-state index in [0.717, 1.165) is 12.3 Å². The number of anilines is 1. The zero-order chi connectivity index (χ0) is 14.7. The molecule has 8 nitrogen and oxygen atoms in total. The summed E-state index contributed by atoms with van der Waals surface area (Å²) in [7, 11) is 0. The second-order valence-electron chi connectivity index (χ2n) is 3.66. The number of pyridine rings is 2. The van der Waals surface area contributed by atoms with Crippen molar-refractivity contribution in [3.63, 3.8) is 0 Å². The van der Waals surface area contributed by atoms with Crippen LogP contribution in [0.3, 0.4) is 0 Å². The van der Waals surface area contributed by atoms with Gasteiger partial charge in [0, 0.05) is 16.9 Å². The van der Waals surface area contributed by atoms with Crippen molar-refractivity contribution in [2.75, 3.05) is 5.32 Å². The first kappa shape index (κ1) is 13.9. The number of aromatic nitrogens is 2. The molecule has 0 spiro atoms. The normalized spacial score (nSPS) is 10.1. The van der Waals surface area contributed by atoms with Crippen LogP contribution in [0.4, 0.5) is 11.5 Å². The van der Waals surface area contributed by atoms with Crippen LogP contribution in [0.1, 0.15) is 10.4 Å². The van der Waals surface area contributed by atoms with Crippen molar-refractivity contribution in [2.45, 2.75) is 0 Å². The molecule has 2 heterocycles. The molecule has 2 aromatic rings. The lowest BCUT2D eigenvalue weighted by Crippen LogP contribution is -2.13. The Labute approximate surface area is 120 Å². The van der Waals surface area contributed by atoms with Crippen molar-refractivity contribution >= 4 is 33.3 Å². The van der Waals surface area contributed by atoms with E-state index in [1.54, 1.807) is 0 Å². The van der Waals surface area contributed by atoms with Gasteiger partial charge in [-0.1, -0.05) is 0 Å². The van der Waals surface area contributed by atoms with E-state index < -0.39 is 16.6 Å². The number of carbonyl (C=O) groups excluding carboxylic acids is 1. The van der Waals surface area contributed by atoms with Crippen LogP contribution in [-0.4, -0.2) is 25.9 Å². The number of halogens is 1. The minimum absolute atomic E-state index is 0.166. The van der Waals surface area contributed by atoms with Crippen LogP contribution in [0.5, 0.6) is 5.75 Å². The fraction of sp³-hybridized carbons (Fsp3) is 0. The van der Waals surface area contributed by atoms with E-state index in [4.69, 9.17) is 0 Å². The molecule has 0 aromatic carbocycles. The van der Waals surface area contributed by atoms with E-state index in [1.807, 2.05) is 0 Å². The average molecular weight is 339 g/mol. The Kier molecular flexibility index (Phi) is 3.89. The quantitative estimate of drug-likeness (QED) is 0.653. The van der Waals surface area contributed by atoms with Gasteiger partial charge in [0.2, 0.25) is 0 Å². The highest BCUT2D eigenvalue weighted by Crippen LogP contribution is 2.25. The maximum atomic E-state index is 11.9. The molecule has 0 unspecified atom stereocenters. The number of nitrogens with one attached hydrogen (secondary N) is 1. The Bertz CT molecular complexity index is 692. The third-order valence-electron chi connectivity index (χ3n) is 2.26. The van der Waals surface area contributed by atoms with Crippen molar-refractivity contribution in [2.24, 2.45) is 0 Å². The van der Waals surface area contributed by atoms with Gasteiger partial charge in [0.05, 0.1) is 16.6 Å². The van der Waals surface area contributed by atoms with Crippen molar-refractivity contribution in [1.29, 1.82) is 0 Å². The summed E-state index contributed by atoms with van der Waals surface area (Å²) in [5, 5.41) is 22.4. The van der Waals surface area contributed by atoms with Crippen LogP contribution in [0, 0.1) is 10.1 Å². The summed E-state index contributed by atoms with van der Waals surface area (Å²) in [5.41, 5.74) is -0.122. The molecule has 0 aliphatic heterocycles. The number of nitro groups is 1. The zero-order valence-corrected chi connectivity index (χ0v) is 11.4. The molecule has 2 N–H and O–H groups in total. The van der Waals surface area contributed by atoms with Gasteiger partial charge >= 0.3 is 0 Å². The molecule has 1 amide bonds. The molecule has 9 heteroatoms. The average Bonchev–Trinajstić information content (AvgIpc) is 2.40. The molecule has 0 fully saturated rings. The maximum Gasteiger partial charge on any atom is 0.291 e. The second kappa shape index (κ2) is 5.61. The van der Waals surface area contributed by atoms with Gasteiger partial charge in [-0.05, 0) is 22.0 Å². The lowest BCUT2D eigenvalue weighted by atomic mass is 10.2. The SMILES string of the molecule is O=C(Nc1ncc([N+](=O)[O-])cc1O)c1cncc(Br)c1. The van der Waals surface area contributed by atoms with Gasteiger partial charge in [-0.2, -0.15) is 0 Å². The summed E-state index contributed by atoms with van der Waals surface area (Å²) in [6, 6.07) is 2.44. The Morgan fingerprint density at radius 2 is 2.10 bits per heavy atom. The molecule has 0 aliphatic rings. The van der Waals surface area contributed by atoms with Crippen molar-refractivity contribution in [1.82, 2.24) is 9.97 Å². The van der Waals surface area contributed by atoms with E-state index in [0.29, 0.717) is 4.47 Å². The van der Waals surface area contributed by atoms with E-state index in [-0.39, 0.29) is 17.1 Å². The fourth-order valence-electron chi connectivity index (χ4n) is 1.35. The molecule has 0 bridgehead atoms. The lowest BCUT2D eigenvalue weighted by Gasteiger charge is -2.06. The van der Waals surface area contributed by atoms with Crippen LogP contribution in [0.15, 0.2) is 35.2 Å². The Morgan fingerprint density at radius 1 is 1.35 bits per heavy atom. The van der Waals surface area contributed by atoms with Crippen LogP contribution < -0.4 is 5.32 Å². The third kappa shape index (κ3) is 3.06. The van der Waals surface area contributed by atoms with Gasteiger partial charge in [0.25, 0.3) is 11.6 Å². The van der Waals surface area contributed by atoms with Crippen LogP contribution >= 0.6 is 15.9 Å². The Morgan fingerprint density at radius 3 is 2.70 bits per heavy atom. The maximum absolute atomic E-state index is 11.9. The number of rotatable bonds is 3. The molecular formula is C11H7BrN4O4. The molecule has 20 heavy (non-hydrogen) atoms. The third-order valence-corrected chi connectivity index (χ3v) is 2.70. The van der Waals surface area contributed by atoms with Gasteiger partial charge in [0.1, 0.15) is 6.20 Å². The lowest BCUT2D eigenvalue weighted by molar-refractivity contribution is -0.385. The summed E-state index contributed by atoms with van der Waals surface area (Å²) in [5.74, 6) is -1.20. The number of amides is 1. The topological polar surface area (TPSA) is 118 Å². The van der Waals surface area contributed by atoms with Crippen molar-refractivity contribution in [3.8, 4) is 5.75 Å². The van der Waals surface area contributed by atoms with Gasteiger partial charge in [-0.25, -0.2) is 4.98 Å². The standard InChI is InChI=1S/C11H7BrN4O4/c12-7-1-6(3-13-4-7)11(18)15-10-9(17)2-8(5-14-10)16(19)20/h1-5,17H,(H,14,15,18). The fourth-order valence-corrected chi connectivity index (χ4v) is 1.72. The molecule has 0 aliphatic carbocycles. The van der Waals surface area contributed by atoms with Crippen LogP contribution in [0.2, 0.25) is 0 Å². The summed E-state index contributed by atoms with van der Waals surface area (Å²) in [4.78, 5) is 29.1. The Balaban J connectivity index is 2.22. The largest absolute Gasteiger partial charge is 0.504 e. The monoisotopic (exact) mass is 338 g/mol. The number of hydrogen-bond acceptors (Lipinski definition) is 6. The smallest absolute Gasteiger partial charge is 0.291 e. The van der Waals surface area contributed by atoms with Gasteiger partial charge in [-0.15, -0.1) is 0 Å². The minimum atomic E-state index is -0.698. The van der Waals surface area contributed by atoms with Crippen LogP contribution in [0.25, 0.3) is 0 Å². The molecule has 0 radical (unpaired) electrons. The summed E-state index contributed by atoms with van der Waals surface area (Å²) in [6.45, 7) is 0. The van der Waals surface area contributed by atoms with Gasteiger partial charge in [0.15, 0.2) is 11.6 Å². The van der Waals surface area contributed by atoms with Crippen molar-refractivity contribution in [3.05, 3.63) is 50.9 Å². The van der Waals surface area contributed by atoms with E-state index in [1.165, 1.54) is 18.5 Å². The number of aromatic hydroxyl groups is 1. The molecule has 0 saturated heterocycles. The summed E-state index contributed by atoms with van der Waals surface area (Å²) >= 11 is 3.17. The van der Waals surface area contributed by atoms with Gasteiger partial charge < -0.3 is 10.4 Å². The molecule has 2 rings (SSSR count). The number of hydrogen-bond donors (Lipinski definition) is 2. The number of carbonyl (C=O) groups is 1. The van der Waals surface area contributed by atoms with E-state index in [9.17, 15) is 20.0 Å². The highest BCUT2D eigenvalue weighted by Gasteiger charge is 2.14. The molecule has 0 saturated carbocycles. The zero-order valence-electron chi connectivity index (χ0n) is 9.78. The predicted molar refractivity (Wildman–Crippen MR) is 72.4 cm³/mol. The van der Waals surface area contributed by atoms with E-state index >= 15 is 0 Å². The first-order chi connectivity index (χ1) is 9.47. The predicted octanol–water partition coefficient (Wildman–Crippen LogP) is 2.11. The first-order valence-corrected chi connectivity index (χ1v) is 6.02. The summed E-state index contributed by atoms with van der Waals surface area (Å²) in [6.07, 6.45) is 3.79. The van der Waals surface area contributed by atoms with Gasteiger partial charge in [-0.3, -0.25) is 19.9 Å². The first-order valence-electron chi connectivity index (χ1n) is 5.22. The van der Waals surface area contributed by atoms with E-state index in [2.05, 4.69) is 31.2 Å². The highest BCUT2D eigenvalue weighted by atomic mass is 79.9. The molecule has 2 aromatic heterocycles. The second-order valence-corrected chi connectivity index (χ2v) is 4.58. The Hall–Kier alpha value is -2.55. The molecular weight excluding hydrogens is 332 g/mol. The summed E-state index contributed by atoms with van der Waals surface area (Å²) < 4.78 is 0.617.